The summed E-state index contributed by atoms with van der Waals surface area (Å²) in [6.07, 6.45) is 0.414. The Bertz CT molecular complexity index is 473. The van der Waals surface area contributed by atoms with E-state index in [4.69, 9.17) is 9.59 Å². The van der Waals surface area contributed by atoms with Gasteiger partial charge in [0.15, 0.2) is 0 Å². The van der Waals surface area contributed by atoms with Crippen molar-refractivity contribution in [2.75, 3.05) is 6.54 Å². The minimum absolute atomic E-state index is 0.0268. The summed E-state index contributed by atoms with van der Waals surface area (Å²) in [7, 11) is 0. The fraction of sp³-hybridized carbons (Fsp3) is 0.333. The molecule has 0 radical (unpaired) electrons. The smallest absolute Gasteiger partial charge is 0.355 e. The lowest BCUT2D eigenvalue weighted by atomic mass is 9.96. The molecule has 4 nitrogen and oxygen atoms in total. The molecule has 0 bridgehead atoms. The van der Waals surface area contributed by atoms with E-state index in [9.17, 15) is 13.6 Å². The van der Waals surface area contributed by atoms with E-state index in [1.165, 1.54) is 12.1 Å². The van der Waals surface area contributed by atoms with Crippen LogP contribution in [0.2, 0.25) is 0 Å². The molecule has 1 aromatic carbocycles. The largest absolute Gasteiger partial charge is 0.373 e. The molecule has 1 amide bonds. The van der Waals surface area contributed by atoms with Gasteiger partial charge in [0.25, 0.3) is 0 Å². The number of hydrogen-bond donors (Lipinski definition) is 1. The number of hydrogen-bond acceptors (Lipinski definition) is 3. The Balaban J connectivity index is 0.000000492. The van der Waals surface area contributed by atoms with Crippen LogP contribution in [0.3, 0.4) is 0 Å². The van der Waals surface area contributed by atoms with Crippen molar-refractivity contribution in [2.45, 2.75) is 19.3 Å². The van der Waals surface area contributed by atoms with E-state index in [0.717, 1.165) is 0 Å². The number of carbonyl (C=O) groups excluding carboxylic acids is 3. The second kappa shape index (κ2) is 6.02. The third kappa shape index (κ3) is 3.21. The maximum atomic E-state index is 13.5. The fourth-order valence-corrected chi connectivity index (χ4v) is 1.91. The number of amides is 1. The summed E-state index contributed by atoms with van der Waals surface area (Å²) in [5, 5.41) is 2.56. The first kappa shape index (κ1) is 14.0. The molecule has 1 aliphatic heterocycles. The van der Waals surface area contributed by atoms with Gasteiger partial charge in [-0.05, 0) is 24.6 Å². The Kier molecular flexibility index (Phi) is 4.68. The predicted octanol–water partition coefficient (Wildman–Crippen LogP) is 1.29. The SMILES string of the molecule is Cc1cc(F)c([C@H]2CNC(=O)C2)c(F)c1.O=C=O. The highest BCUT2D eigenvalue weighted by Gasteiger charge is 2.28. The zero-order valence-corrected chi connectivity index (χ0v) is 9.63. The quantitative estimate of drug-likeness (QED) is 0.822. The Morgan fingerprint density at radius 1 is 1.28 bits per heavy atom. The Hall–Kier alpha value is -2.07. The minimum atomic E-state index is -0.561. The number of aryl methyl sites for hydroxylation is 1. The highest BCUT2D eigenvalue weighted by Crippen LogP contribution is 2.28. The topological polar surface area (TPSA) is 63.2 Å². The summed E-state index contributed by atoms with van der Waals surface area (Å²) in [5.41, 5.74) is 0.574. The molecule has 96 valence electrons. The Morgan fingerprint density at radius 3 is 2.17 bits per heavy atom. The molecule has 0 aromatic heterocycles. The molecule has 2 rings (SSSR count). The van der Waals surface area contributed by atoms with Gasteiger partial charge in [-0.25, -0.2) is 8.78 Å². The number of nitrogens with one attached hydrogen (secondary N) is 1. The van der Waals surface area contributed by atoms with Gasteiger partial charge in [-0.1, -0.05) is 0 Å². The van der Waals surface area contributed by atoms with Crippen molar-refractivity contribution >= 4 is 12.1 Å². The second-order valence-electron chi connectivity index (χ2n) is 3.93. The summed E-state index contributed by atoms with van der Waals surface area (Å²) in [5.74, 6) is -1.65. The summed E-state index contributed by atoms with van der Waals surface area (Å²) in [6.45, 7) is 1.95. The monoisotopic (exact) mass is 255 g/mol. The van der Waals surface area contributed by atoms with Gasteiger partial charge in [0.1, 0.15) is 11.6 Å². The number of carbonyl (C=O) groups is 1. The van der Waals surface area contributed by atoms with Gasteiger partial charge in [0, 0.05) is 24.4 Å². The van der Waals surface area contributed by atoms with Gasteiger partial charge in [0.2, 0.25) is 5.91 Å². The van der Waals surface area contributed by atoms with Crippen LogP contribution < -0.4 is 5.32 Å². The van der Waals surface area contributed by atoms with Gasteiger partial charge < -0.3 is 5.32 Å². The molecular formula is C12H11F2NO3. The molecule has 1 atom stereocenters. The van der Waals surface area contributed by atoms with E-state index in [0.29, 0.717) is 12.1 Å². The summed E-state index contributed by atoms with van der Waals surface area (Å²) in [6, 6.07) is 2.59. The van der Waals surface area contributed by atoms with E-state index in [-0.39, 0.29) is 30.0 Å². The summed E-state index contributed by atoms with van der Waals surface area (Å²) < 4.78 is 27.0. The van der Waals surface area contributed by atoms with Crippen molar-refractivity contribution in [2.24, 2.45) is 0 Å². The van der Waals surface area contributed by atoms with Gasteiger partial charge in [-0.3, -0.25) is 4.79 Å². The van der Waals surface area contributed by atoms with Crippen LogP contribution >= 0.6 is 0 Å². The molecule has 0 saturated carbocycles. The standard InChI is InChI=1S/C11H11F2NO.CO2/c1-6-2-8(12)11(9(13)3-6)7-4-10(15)14-5-7;2-1-3/h2-3,7H,4-5H2,1H3,(H,14,15);/t7-;/m1./s1. The van der Waals surface area contributed by atoms with E-state index >= 15 is 0 Å². The van der Waals surface area contributed by atoms with E-state index < -0.39 is 11.6 Å². The molecule has 0 spiro atoms. The van der Waals surface area contributed by atoms with Gasteiger partial charge in [-0.2, -0.15) is 9.59 Å². The lowest BCUT2D eigenvalue weighted by molar-refractivity contribution is -0.191. The molecular weight excluding hydrogens is 244 g/mol. The first-order valence-electron chi connectivity index (χ1n) is 5.21. The first-order valence-corrected chi connectivity index (χ1v) is 5.21. The average molecular weight is 255 g/mol. The number of benzene rings is 1. The molecule has 1 heterocycles. The van der Waals surface area contributed by atoms with Crippen molar-refractivity contribution in [1.82, 2.24) is 5.32 Å². The van der Waals surface area contributed by atoms with Gasteiger partial charge in [0.05, 0.1) is 0 Å². The highest BCUT2D eigenvalue weighted by atomic mass is 19.1. The zero-order chi connectivity index (χ0) is 13.7. The maximum absolute atomic E-state index is 13.5. The van der Waals surface area contributed by atoms with Crippen LogP contribution in [0.25, 0.3) is 0 Å². The summed E-state index contributed by atoms with van der Waals surface area (Å²) >= 11 is 0. The van der Waals surface area contributed by atoms with Crippen LogP contribution in [0.15, 0.2) is 12.1 Å². The van der Waals surface area contributed by atoms with Gasteiger partial charge >= 0.3 is 6.15 Å². The van der Waals surface area contributed by atoms with Crippen molar-refractivity contribution in [1.29, 1.82) is 0 Å². The highest BCUT2D eigenvalue weighted by molar-refractivity contribution is 5.79. The molecule has 6 heteroatoms. The lowest BCUT2D eigenvalue weighted by Crippen LogP contribution is -2.14. The normalized spacial score (nSPS) is 17.5. The number of rotatable bonds is 1. The zero-order valence-electron chi connectivity index (χ0n) is 9.63. The van der Waals surface area contributed by atoms with Crippen molar-refractivity contribution in [3.05, 3.63) is 34.9 Å². The maximum Gasteiger partial charge on any atom is 0.373 e. The molecule has 18 heavy (non-hydrogen) atoms. The molecule has 0 unspecified atom stereocenters. The van der Waals surface area contributed by atoms with Crippen molar-refractivity contribution in [3.8, 4) is 0 Å². The van der Waals surface area contributed by atoms with Crippen LogP contribution in [0.5, 0.6) is 0 Å². The number of halogens is 2. The van der Waals surface area contributed by atoms with Crippen molar-refractivity contribution < 1.29 is 23.2 Å². The molecule has 1 fully saturated rings. The molecule has 0 aliphatic carbocycles. The third-order valence-electron chi connectivity index (χ3n) is 2.61. The second-order valence-corrected chi connectivity index (χ2v) is 3.93. The Morgan fingerprint density at radius 2 is 1.78 bits per heavy atom. The lowest BCUT2D eigenvalue weighted by Gasteiger charge is -2.11. The molecule has 1 aromatic rings. The van der Waals surface area contributed by atoms with E-state index in [1.807, 2.05) is 0 Å². The fourth-order valence-electron chi connectivity index (χ4n) is 1.91. The van der Waals surface area contributed by atoms with Crippen LogP contribution in [-0.2, 0) is 14.4 Å². The van der Waals surface area contributed by atoms with Crippen LogP contribution in [0, 0.1) is 18.6 Å². The third-order valence-corrected chi connectivity index (χ3v) is 2.61. The van der Waals surface area contributed by atoms with Crippen LogP contribution in [-0.4, -0.2) is 18.6 Å². The van der Waals surface area contributed by atoms with Gasteiger partial charge in [-0.15, -0.1) is 0 Å². The van der Waals surface area contributed by atoms with E-state index in [2.05, 4.69) is 5.32 Å². The first-order chi connectivity index (χ1) is 8.49. The van der Waals surface area contributed by atoms with E-state index in [1.54, 1.807) is 6.92 Å². The van der Waals surface area contributed by atoms with Crippen LogP contribution in [0.1, 0.15) is 23.5 Å². The predicted molar refractivity (Wildman–Crippen MR) is 56.5 cm³/mol. The van der Waals surface area contributed by atoms with Crippen molar-refractivity contribution in [3.63, 3.8) is 0 Å². The summed E-state index contributed by atoms with van der Waals surface area (Å²) in [4.78, 5) is 27.2. The minimum Gasteiger partial charge on any atom is -0.355 e. The van der Waals surface area contributed by atoms with Crippen LogP contribution in [0.4, 0.5) is 8.78 Å². The average Bonchev–Trinajstić information content (AvgIpc) is 2.64. The molecule has 1 saturated heterocycles. The Labute approximate surface area is 102 Å². The molecule has 1 aliphatic rings. The molecule has 1 N–H and O–H groups in total.